The average molecular weight is 773 g/mol. The van der Waals surface area contributed by atoms with E-state index >= 15 is 0 Å². The molecule has 3 aromatic rings. The van der Waals surface area contributed by atoms with Gasteiger partial charge in [0.05, 0.1) is 48.7 Å². The number of Topliss-reactive ketones (excluding diaryl/α,β-unsaturated/α-hetero) is 1. The molecule has 8 atom stereocenters. The number of carbonyl (C=O) groups excluding carboxylic acids is 3. The molecule has 0 radical (unpaired) electrons. The molecule has 3 saturated carbocycles. The van der Waals surface area contributed by atoms with Gasteiger partial charge in [-0.2, -0.15) is 0 Å². The maximum Gasteiger partial charge on any atom is 0.310 e. The molecule has 4 fully saturated rings. The molecule has 1 aliphatic heterocycles. The number of hydrogen-bond donors (Lipinski definition) is 2. The highest BCUT2D eigenvalue weighted by Gasteiger charge is 2.61. The molecule has 4 aliphatic rings. The Hall–Kier alpha value is -4.52. The molecular formula is C42H52N4O8S. The van der Waals surface area contributed by atoms with Crippen LogP contribution in [0.5, 0.6) is 11.5 Å². The van der Waals surface area contributed by atoms with Crippen LogP contribution < -0.4 is 14.8 Å². The number of likely N-dealkylation sites (tertiary alicyclic amines) is 1. The normalized spacial score (nSPS) is 27.4. The van der Waals surface area contributed by atoms with E-state index in [1.807, 2.05) is 64.3 Å². The zero-order chi connectivity index (χ0) is 39.4. The van der Waals surface area contributed by atoms with Crippen LogP contribution in [-0.4, -0.2) is 81.5 Å². The monoisotopic (exact) mass is 772 g/mol. The number of nitrogens with zero attached hydrogens (tertiary/aromatic N) is 3. The minimum atomic E-state index is -1.24. The van der Waals surface area contributed by atoms with Crippen molar-refractivity contribution in [1.82, 2.24) is 14.9 Å². The fraction of sp³-hybridized carbons (Fsp3) is 0.571. The van der Waals surface area contributed by atoms with Gasteiger partial charge >= 0.3 is 11.9 Å². The number of aliphatic carboxylic acids is 1. The smallest absolute Gasteiger partial charge is 0.310 e. The number of anilines is 1. The molecule has 3 heterocycles. The topological polar surface area (TPSA) is 157 Å². The lowest BCUT2D eigenvalue weighted by Gasteiger charge is -2.35. The van der Waals surface area contributed by atoms with Gasteiger partial charge in [-0.15, -0.1) is 17.9 Å². The van der Waals surface area contributed by atoms with E-state index in [4.69, 9.17) is 24.2 Å². The van der Waals surface area contributed by atoms with Gasteiger partial charge in [-0.1, -0.05) is 26.8 Å². The van der Waals surface area contributed by atoms with Crippen molar-refractivity contribution in [2.24, 2.45) is 34.5 Å². The second-order valence-corrected chi connectivity index (χ2v) is 18.2. The number of carboxylic acids is 1. The van der Waals surface area contributed by atoms with E-state index in [0.29, 0.717) is 52.0 Å². The number of fused-ring (bicyclic) bond motifs is 2. The number of benzene rings is 1. The maximum absolute atomic E-state index is 14.7. The van der Waals surface area contributed by atoms with Gasteiger partial charge < -0.3 is 29.5 Å². The van der Waals surface area contributed by atoms with Crippen molar-refractivity contribution in [2.45, 2.75) is 104 Å². The Bertz CT molecular complexity index is 2000. The molecule has 3 aliphatic carbocycles. The number of carbonyl (C=O) groups is 4. The third-order valence-corrected chi connectivity index (χ3v) is 12.7. The fourth-order valence-electron chi connectivity index (χ4n) is 8.56. The minimum Gasteiger partial charge on any atom is -0.497 e. The van der Waals surface area contributed by atoms with Crippen LogP contribution in [0, 0.1) is 34.5 Å². The maximum atomic E-state index is 14.7. The van der Waals surface area contributed by atoms with Gasteiger partial charge in [0.25, 0.3) is 0 Å². The molecule has 13 heteroatoms. The van der Waals surface area contributed by atoms with Gasteiger partial charge in [0, 0.05) is 41.8 Å². The largest absolute Gasteiger partial charge is 0.497 e. The van der Waals surface area contributed by atoms with E-state index in [0.717, 1.165) is 18.0 Å². The Kier molecular flexibility index (Phi) is 10.5. The first kappa shape index (κ1) is 38.7. The SMILES string of the molecule is C=C[C@@H]1C[C@]1(CC(=O)[C@@H]1C[C@@H](Oc2cc(-c3csc(NC(C)C)n3)nc3cc(OC)ccc23)CN1C(=O)[C@@H](CC(=O)OC1C[C@@H]2C[C@@H]2C1)C(C)(C)C)C(=O)O. The van der Waals surface area contributed by atoms with Gasteiger partial charge in [-0.3, -0.25) is 19.2 Å². The van der Waals surface area contributed by atoms with Gasteiger partial charge in [-0.05, 0) is 74.8 Å². The first-order chi connectivity index (χ1) is 26.1. The van der Waals surface area contributed by atoms with Crippen molar-refractivity contribution in [3.8, 4) is 22.9 Å². The quantitative estimate of drug-likeness (QED) is 0.119. The number of carboxylic acid groups (broad SMARTS) is 1. The van der Waals surface area contributed by atoms with E-state index in [1.54, 1.807) is 13.2 Å². The van der Waals surface area contributed by atoms with Crippen molar-refractivity contribution < 1.29 is 38.5 Å². The number of ether oxygens (including phenoxy) is 3. The van der Waals surface area contributed by atoms with Crippen LogP contribution in [0.25, 0.3) is 22.3 Å². The van der Waals surface area contributed by atoms with Crippen molar-refractivity contribution in [3.05, 3.63) is 42.3 Å². The Morgan fingerprint density at radius 2 is 1.82 bits per heavy atom. The summed E-state index contributed by atoms with van der Waals surface area (Å²) in [4.78, 5) is 65.9. The van der Waals surface area contributed by atoms with E-state index in [1.165, 1.54) is 22.7 Å². The lowest BCUT2D eigenvalue weighted by atomic mass is 9.77. The van der Waals surface area contributed by atoms with Crippen LogP contribution in [0.4, 0.5) is 5.13 Å². The van der Waals surface area contributed by atoms with Crippen LogP contribution in [0.3, 0.4) is 0 Å². The molecule has 2 N–H and O–H groups in total. The number of hydrogen-bond acceptors (Lipinski definition) is 11. The lowest BCUT2D eigenvalue weighted by molar-refractivity contribution is -0.157. The number of nitrogens with one attached hydrogen (secondary N) is 1. The molecule has 1 amide bonds. The number of rotatable bonds is 15. The standard InChI is InChI=1S/C42H52N4O8S/c1-8-25-18-42(25,39(50)51)19-35(47)34-15-28(20-46(34)38(49)30(41(4,5)6)16-37(48)54-27-12-23-11-24(23)13-27)53-36-17-32(33-21-55-40(45-33)43-22(2)3)44-31-14-26(52-7)9-10-29(31)36/h8-10,14,17,21-25,27-28,30,34H,1,11-13,15-16,18-20H2,2-7H3,(H,43,45)(H,50,51)/t23-,24+,25-,27?,28-,30-,34+,42-/m1/s1. The van der Waals surface area contributed by atoms with E-state index in [2.05, 4.69) is 11.9 Å². The third kappa shape index (κ3) is 8.08. The number of allylic oxidation sites excluding steroid dienone is 1. The number of esters is 1. The second kappa shape index (κ2) is 14.9. The summed E-state index contributed by atoms with van der Waals surface area (Å²) in [6.07, 6.45) is 3.93. The predicted octanol–water partition coefficient (Wildman–Crippen LogP) is 7.17. The summed E-state index contributed by atoms with van der Waals surface area (Å²) in [5, 5.41) is 16.9. The number of thiazole rings is 1. The summed E-state index contributed by atoms with van der Waals surface area (Å²) in [5.74, 6) is -0.849. The molecule has 1 unspecified atom stereocenters. The van der Waals surface area contributed by atoms with Crippen LogP contribution in [0.15, 0.2) is 42.3 Å². The molecular weight excluding hydrogens is 721 g/mol. The van der Waals surface area contributed by atoms with Crippen molar-refractivity contribution in [2.75, 3.05) is 19.0 Å². The second-order valence-electron chi connectivity index (χ2n) is 17.3. The van der Waals surface area contributed by atoms with Crippen LogP contribution in [-0.2, 0) is 23.9 Å². The number of amides is 1. The summed E-state index contributed by atoms with van der Waals surface area (Å²) in [6, 6.07) is 6.58. The molecule has 0 bridgehead atoms. The molecule has 2 aromatic heterocycles. The zero-order valence-electron chi connectivity index (χ0n) is 32.5. The summed E-state index contributed by atoms with van der Waals surface area (Å²) in [7, 11) is 1.59. The van der Waals surface area contributed by atoms with Gasteiger partial charge in [0.15, 0.2) is 10.9 Å². The van der Waals surface area contributed by atoms with E-state index in [-0.39, 0.29) is 55.6 Å². The highest BCUT2D eigenvalue weighted by molar-refractivity contribution is 7.14. The number of aromatic nitrogens is 2. The van der Waals surface area contributed by atoms with Crippen LogP contribution in [0.2, 0.25) is 0 Å². The lowest BCUT2D eigenvalue weighted by Crippen LogP contribution is -2.48. The number of ketones is 1. The fourth-order valence-corrected chi connectivity index (χ4v) is 9.42. The summed E-state index contributed by atoms with van der Waals surface area (Å²) >= 11 is 1.47. The van der Waals surface area contributed by atoms with Gasteiger partial charge in [-0.25, -0.2) is 9.97 Å². The summed E-state index contributed by atoms with van der Waals surface area (Å²) in [5.41, 5.74) is -0.0163. The Labute approximate surface area is 326 Å². The van der Waals surface area contributed by atoms with Gasteiger partial charge in [0.2, 0.25) is 5.91 Å². The zero-order valence-corrected chi connectivity index (χ0v) is 33.3. The Morgan fingerprint density at radius 1 is 1.07 bits per heavy atom. The number of methoxy groups -OCH3 is 1. The summed E-state index contributed by atoms with van der Waals surface area (Å²) in [6.45, 7) is 13.7. The average Bonchev–Trinajstić information content (AvgIpc) is 3.79. The highest BCUT2D eigenvalue weighted by Crippen LogP contribution is 2.57. The first-order valence-corrected chi connectivity index (χ1v) is 20.2. The Balaban J connectivity index is 1.19. The number of pyridine rings is 1. The van der Waals surface area contributed by atoms with Crippen molar-refractivity contribution in [3.63, 3.8) is 0 Å². The first-order valence-electron chi connectivity index (χ1n) is 19.3. The van der Waals surface area contributed by atoms with E-state index in [9.17, 15) is 24.3 Å². The molecule has 294 valence electrons. The predicted molar refractivity (Wildman–Crippen MR) is 209 cm³/mol. The minimum absolute atomic E-state index is 0.0717. The highest BCUT2D eigenvalue weighted by atomic mass is 32.1. The van der Waals surface area contributed by atoms with E-state index < -0.39 is 40.8 Å². The molecule has 1 saturated heterocycles. The summed E-state index contributed by atoms with van der Waals surface area (Å²) < 4.78 is 18.1. The van der Waals surface area contributed by atoms with Crippen molar-refractivity contribution >= 4 is 51.0 Å². The molecule has 1 aromatic carbocycles. The Morgan fingerprint density at radius 3 is 2.45 bits per heavy atom. The van der Waals surface area contributed by atoms with Crippen LogP contribution in [0.1, 0.15) is 79.6 Å². The molecule has 55 heavy (non-hydrogen) atoms. The van der Waals surface area contributed by atoms with Crippen molar-refractivity contribution in [1.29, 1.82) is 0 Å². The van der Waals surface area contributed by atoms with Gasteiger partial charge in [0.1, 0.15) is 29.4 Å². The molecule has 0 spiro atoms. The molecule has 7 rings (SSSR count). The van der Waals surface area contributed by atoms with Crippen LogP contribution >= 0.6 is 11.3 Å². The molecule has 12 nitrogen and oxygen atoms in total. The third-order valence-electron chi connectivity index (χ3n) is 11.9.